The molecule has 1 aromatic heterocycles. The van der Waals surface area contributed by atoms with E-state index in [1.165, 1.54) is 5.56 Å². The van der Waals surface area contributed by atoms with Crippen molar-refractivity contribution in [1.29, 1.82) is 0 Å². The summed E-state index contributed by atoms with van der Waals surface area (Å²) in [5.41, 5.74) is 1.36. The van der Waals surface area contributed by atoms with Gasteiger partial charge in [-0.2, -0.15) is 0 Å². The zero-order valence-electron chi connectivity index (χ0n) is 12.0. The van der Waals surface area contributed by atoms with Gasteiger partial charge in [0.1, 0.15) is 11.5 Å². The molecule has 106 valence electrons. The van der Waals surface area contributed by atoms with Crippen LogP contribution in [0.1, 0.15) is 26.3 Å². The summed E-state index contributed by atoms with van der Waals surface area (Å²) in [5, 5.41) is 3.46. The van der Waals surface area contributed by atoms with E-state index in [1.807, 2.05) is 18.2 Å². The highest BCUT2D eigenvalue weighted by atomic mass is 79.9. The Kier molecular flexibility index (Phi) is 4.78. The van der Waals surface area contributed by atoms with E-state index in [0.717, 1.165) is 22.5 Å². The molecule has 1 aromatic carbocycles. The second-order valence-corrected chi connectivity index (χ2v) is 6.60. The number of nitrogens with zero attached hydrogens (tertiary/aromatic N) is 1. The molecule has 20 heavy (non-hydrogen) atoms. The highest BCUT2D eigenvalue weighted by Gasteiger charge is 2.08. The molecular formula is C16H19BrN2O. The topological polar surface area (TPSA) is 34.1 Å². The van der Waals surface area contributed by atoms with Crippen LogP contribution in [0.4, 0.5) is 0 Å². The molecule has 0 atom stereocenters. The van der Waals surface area contributed by atoms with E-state index in [4.69, 9.17) is 4.74 Å². The minimum absolute atomic E-state index is 0.122. The number of benzene rings is 1. The Bertz CT molecular complexity index is 561. The van der Waals surface area contributed by atoms with Gasteiger partial charge in [-0.25, -0.2) is 0 Å². The van der Waals surface area contributed by atoms with Gasteiger partial charge in [0.2, 0.25) is 0 Å². The maximum Gasteiger partial charge on any atom is 0.146 e. The Morgan fingerprint density at radius 2 is 1.80 bits per heavy atom. The number of nitrogens with one attached hydrogen (secondary N) is 1. The standard InChI is InChI=1S/C16H19BrN2O/c1-16(2,3)19-9-12-4-6-14(7-5-12)20-15-8-13(17)10-18-11-15/h4-8,10-11,19H,9H2,1-3H3. The fourth-order valence-corrected chi connectivity index (χ4v) is 1.97. The number of hydrogen-bond donors (Lipinski definition) is 1. The summed E-state index contributed by atoms with van der Waals surface area (Å²) in [4.78, 5) is 4.07. The molecule has 0 saturated carbocycles. The minimum atomic E-state index is 0.122. The molecule has 0 unspecified atom stereocenters. The molecule has 1 heterocycles. The van der Waals surface area contributed by atoms with Crippen molar-refractivity contribution in [3.63, 3.8) is 0 Å². The normalized spacial score (nSPS) is 11.4. The molecule has 0 bridgehead atoms. The minimum Gasteiger partial charge on any atom is -0.456 e. The summed E-state index contributed by atoms with van der Waals surface area (Å²) in [7, 11) is 0. The van der Waals surface area contributed by atoms with Crippen LogP contribution in [-0.2, 0) is 6.54 Å². The predicted molar refractivity (Wildman–Crippen MR) is 85.0 cm³/mol. The average molecular weight is 335 g/mol. The Labute approximate surface area is 128 Å². The maximum atomic E-state index is 5.75. The van der Waals surface area contributed by atoms with Gasteiger partial charge in [-0.15, -0.1) is 0 Å². The first-order valence-corrected chi connectivity index (χ1v) is 7.34. The van der Waals surface area contributed by atoms with Gasteiger partial charge in [0.25, 0.3) is 0 Å². The number of ether oxygens (including phenoxy) is 1. The molecule has 0 spiro atoms. The monoisotopic (exact) mass is 334 g/mol. The number of rotatable bonds is 4. The third-order valence-corrected chi connectivity index (χ3v) is 3.10. The lowest BCUT2D eigenvalue weighted by molar-refractivity contribution is 0.424. The molecule has 4 heteroatoms. The third-order valence-electron chi connectivity index (χ3n) is 2.66. The van der Waals surface area contributed by atoms with Crippen molar-refractivity contribution in [3.05, 3.63) is 52.8 Å². The fraction of sp³-hybridized carbons (Fsp3) is 0.312. The van der Waals surface area contributed by atoms with Gasteiger partial charge < -0.3 is 10.1 Å². The first-order valence-electron chi connectivity index (χ1n) is 6.55. The number of halogens is 1. The van der Waals surface area contributed by atoms with E-state index in [0.29, 0.717) is 0 Å². The van der Waals surface area contributed by atoms with Crippen molar-refractivity contribution in [1.82, 2.24) is 10.3 Å². The highest BCUT2D eigenvalue weighted by Crippen LogP contribution is 2.23. The Balaban J connectivity index is 1.98. The van der Waals surface area contributed by atoms with Crippen molar-refractivity contribution in [2.24, 2.45) is 0 Å². The molecule has 2 aromatic rings. The van der Waals surface area contributed by atoms with Crippen molar-refractivity contribution in [2.75, 3.05) is 0 Å². The molecular weight excluding hydrogens is 316 g/mol. The molecule has 0 aliphatic rings. The van der Waals surface area contributed by atoms with E-state index >= 15 is 0 Å². The quantitative estimate of drug-likeness (QED) is 0.892. The predicted octanol–water partition coefficient (Wildman–Crippen LogP) is 4.52. The Morgan fingerprint density at radius 3 is 2.40 bits per heavy atom. The van der Waals surface area contributed by atoms with E-state index in [-0.39, 0.29) is 5.54 Å². The lowest BCUT2D eigenvalue weighted by Crippen LogP contribution is -2.34. The van der Waals surface area contributed by atoms with Crippen LogP contribution in [-0.4, -0.2) is 10.5 Å². The van der Waals surface area contributed by atoms with Crippen molar-refractivity contribution < 1.29 is 4.74 Å². The van der Waals surface area contributed by atoms with E-state index in [1.54, 1.807) is 12.4 Å². The molecule has 0 amide bonds. The van der Waals surface area contributed by atoms with Crippen LogP contribution in [0, 0.1) is 0 Å². The smallest absolute Gasteiger partial charge is 0.146 e. The van der Waals surface area contributed by atoms with E-state index < -0.39 is 0 Å². The van der Waals surface area contributed by atoms with Gasteiger partial charge in [0.15, 0.2) is 0 Å². The number of hydrogen-bond acceptors (Lipinski definition) is 3. The van der Waals surface area contributed by atoms with Crippen LogP contribution in [0.25, 0.3) is 0 Å². The largest absolute Gasteiger partial charge is 0.456 e. The van der Waals surface area contributed by atoms with Crippen LogP contribution >= 0.6 is 15.9 Å². The summed E-state index contributed by atoms with van der Waals surface area (Å²) in [6.45, 7) is 7.32. The summed E-state index contributed by atoms with van der Waals surface area (Å²) in [6.07, 6.45) is 3.42. The lowest BCUT2D eigenvalue weighted by atomic mass is 10.1. The molecule has 0 fully saturated rings. The van der Waals surface area contributed by atoms with Crippen LogP contribution in [0.5, 0.6) is 11.5 Å². The summed E-state index contributed by atoms with van der Waals surface area (Å²) < 4.78 is 6.65. The summed E-state index contributed by atoms with van der Waals surface area (Å²) >= 11 is 3.38. The second kappa shape index (κ2) is 6.37. The van der Waals surface area contributed by atoms with Gasteiger partial charge in [0.05, 0.1) is 6.20 Å². The first-order chi connectivity index (χ1) is 9.42. The van der Waals surface area contributed by atoms with Crippen molar-refractivity contribution >= 4 is 15.9 Å². The average Bonchev–Trinajstić information content (AvgIpc) is 2.37. The van der Waals surface area contributed by atoms with Gasteiger partial charge in [-0.05, 0) is 60.5 Å². The van der Waals surface area contributed by atoms with Gasteiger partial charge >= 0.3 is 0 Å². The van der Waals surface area contributed by atoms with Gasteiger partial charge in [0, 0.05) is 22.8 Å². The van der Waals surface area contributed by atoms with Crippen molar-refractivity contribution in [2.45, 2.75) is 32.9 Å². The lowest BCUT2D eigenvalue weighted by Gasteiger charge is -2.20. The zero-order valence-corrected chi connectivity index (χ0v) is 13.6. The Morgan fingerprint density at radius 1 is 1.10 bits per heavy atom. The number of pyridine rings is 1. The van der Waals surface area contributed by atoms with Crippen LogP contribution in [0.15, 0.2) is 47.2 Å². The summed E-state index contributed by atoms with van der Waals surface area (Å²) in [6, 6.07) is 9.97. The maximum absolute atomic E-state index is 5.75. The van der Waals surface area contributed by atoms with E-state index in [2.05, 4.69) is 59.1 Å². The van der Waals surface area contributed by atoms with Crippen molar-refractivity contribution in [3.8, 4) is 11.5 Å². The summed E-state index contributed by atoms with van der Waals surface area (Å²) in [5.74, 6) is 1.53. The zero-order chi connectivity index (χ0) is 14.6. The molecule has 1 N–H and O–H groups in total. The fourth-order valence-electron chi connectivity index (χ4n) is 1.63. The SMILES string of the molecule is CC(C)(C)NCc1ccc(Oc2cncc(Br)c2)cc1. The molecule has 3 nitrogen and oxygen atoms in total. The number of aromatic nitrogens is 1. The van der Waals surface area contributed by atoms with E-state index in [9.17, 15) is 0 Å². The molecule has 0 saturated heterocycles. The third kappa shape index (κ3) is 4.94. The second-order valence-electron chi connectivity index (χ2n) is 5.69. The van der Waals surface area contributed by atoms with Gasteiger partial charge in [-0.3, -0.25) is 4.98 Å². The van der Waals surface area contributed by atoms with Crippen LogP contribution in [0.3, 0.4) is 0 Å². The highest BCUT2D eigenvalue weighted by molar-refractivity contribution is 9.10. The van der Waals surface area contributed by atoms with Gasteiger partial charge in [-0.1, -0.05) is 12.1 Å². The Hall–Kier alpha value is -1.39. The molecule has 0 radical (unpaired) electrons. The molecule has 0 aliphatic heterocycles. The van der Waals surface area contributed by atoms with Crippen LogP contribution < -0.4 is 10.1 Å². The molecule has 0 aliphatic carbocycles. The molecule has 2 rings (SSSR count). The first kappa shape index (κ1) is 15.0. The van der Waals surface area contributed by atoms with Crippen LogP contribution in [0.2, 0.25) is 0 Å².